The van der Waals surface area contributed by atoms with E-state index in [-0.39, 0.29) is 51.1 Å². The summed E-state index contributed by atoms with van der Waals surface area (Å²) in [4.78, 5) is 12.1. The monoisotopic (exact) mass is 958 g/mol. The van der Waals surface area contributed by atoms with Crippen LogP contribution in [0, 0.1) is 45.3 Å². The molecule has 358 valence electrons. The molecule has 64 heavy (non-hydrogen) atoms. The second-order valence-electron chi connectivity index (χ2n) is 22.8. The maximum atomic E-state index is 12.1. The van der Waals surface area contributed by atoms with Gasteiger partial charge >= 0.3 is 0 Å². The van der Waals surface area contributed by atoms with Gasteiger partial charge in [-0.15, -0.1) is 0 Å². The minimum absolute atomic E-state index is 0.0402. The molecule has 4 rings (SSSR count). The lowest BCUT2D eigenvalue weighted by Gasteiger charge is -2.27. The molecule has 2 unspecified atom stereocenters. The molecule has 0 aliphatic rings. The molecule has 3 N–H and O–H groups in total. The zero-order valence-corrected chi connectivity index (χ0v) is 44.9. The van der Waals surface area contributed by atoms with Gasteiger partial charge in [-0.3, -0.25) is 4.79 Å². The number of aliphatic hydroxyl groups is 3. The molecule has 0 heterocycles. The van der Waals surface area contributed by atoms with Crippen molar-refractivity contribution in [1.29, 1.82) is 0 Å². The molecule has 7 atom stereocenters. The van der Waals surface area contributed by atoms with Crippen molar-refractivity contribution in [3.05, 3.63) is 139 Å². The van der Waals surface area contributed by atoms with Crippen molar-refractivity contribution in [2.24, 2.45) is 45.3 Å². The highest BCUT2D eigenvalue weighted by atomic mass is 35.5. The lowest BCUT2D eigenvalue weighted by molar-refractivity contribution is 0.0897. The minimum Gasteiger partial charge on any atom is -0.388 e. The van der Waals surface area contributed by atoms with Crippen LogP contribution in [0.3, 0.4) is 0 Å². The van der Waals surface area contributed by atoms with Gasteiger partial charge in [-0.2, -0.15) is 0 Å². The smallest absolute Gasteiger partial charge is 0.165 e. The van der Waals surface area contributed by atoms with Crippen molar-refractivity contribution in [2.75, 3.05) is 0 Å². The number of ketones is 1. The summed E-state index contributed by atoms with van der Waals surface area (Å²) in [5.74, 6) is 0.922. The predicted molar refractivity (Wildman–Crippen MR) is 278 cm³/mol. The lowest BCUT2D eigenvalue weighted by atomic mass is 9.81. The Labute approximate surface area is 409 Å². The number of carbonyl (C=O) groups is 1. The molecule has 0 bridgehead atoms. The van der Waals surface area contributed by atoms with Crippen LogP contribution in [0.15, 0.2) is 97.1 Å². The van der Waals surface area contributed by atoms with E-state index in [9.17, 15) is 20.1 Å². The molecule has 4 nitrogen and oxygen atoms in total. The minimum atomic E-state index is -0.432. The first-order valence-corrected chi connectivity index (χ1v) is 24.3. The van der Waals surface area contributed by atoms with Crippen LogP contribution in [0.25, 0.3) is 0 Å². The lowest BCUT2D eigenvalue weighted by Crippen LogP contribution is -2.18. The average Bonchev–Trinajstić information content (AvgIpc) is 3.14. The van der Waals surface area contributed by atoms with E-state index in [2.05, 4.69) is 104 Å². The van der Waals surface area contributed by atoms with Gasteiger partial charge in [0.2, 0.25) is 0 Å². The number of hydrogen-bond acceptors (Lipinski definition) is 4. The summed E-state index contributed by atoms with van der Waals surface area (Å²) in [6.07, 6.45) is 2.55. The van der Waals surface area contributed by atoms with Crippen LogP contribution in [-0.2, 0) is 0 Å². The van der Waals surface area contributed by atoms with Crippen molar-refractivity contribution < 1.29 is 20.1 Å². The number of carbonyl (C=O) groups excluding carboxylic acids is 1. The normalized spacial score (nSPS) is 15.3. The third kappa shape index (κ3) is 25.5. The number of hydrogen-bond donors (Lipinski definition) is 3. The van der Waals surface area contributed by atoms with E-state index in [1.807, 2.05) is 91.9 Å². The molecule has 4 aromatic rings. The highest BCUT2D eigenvalue weighted by Crippen LogP contribution is 2.36. The molecule has 0 aromatic heterocycles. The third-order valence-corrected chi connectivity index (χ3v) is 11.4. The predicted octanol–water partition coefficient (Wildman–Crippen LogP) is 17.9. The first-order valence-electron chi connectivity index (χ1n) is 22.8. The molecule has 0 saturated heterocycles. The molecule has 0 aliphatic heterocycles. The molecule has 8 heteroatoms. The maximum absolute atomic E-state index is 12.1. The quantitative estimate of drug-likeness (QED) is 0.124. The summed E-state index contributed by atoms with van der Waals surface area (Å²) in [6.45, 7) is 34.4. The Hall–Kier alpha value is -2.41. The average molecular weight is 961 g/mol. The molecule has 0 saturated carbocycles. The van der Waals surface area contributed by atoms with Crippen molar-refractivity contribution in [1.82, 2.24) is 0 Å². The van der Waals surface area contributed by atoms with Gasteiger partial charge in [0.05, 0.1) is 18.3 Å². The first kappa shape index (κ1) is 59.6. The summed E-state index contributed by atoms with van der Waals surface area (Å²) in [5.41, 5.74) is 4.31. The van der Waals surface area contributed by atoms with Crippen LogP contribution in [0.2, 0.25) is 20.1 Å². The standard InChI is InChI=1S/3C14H21ClO.C14H19ClO/c4*1-10(9-14(2,3)4)13(16)11-6-5-7-12(15)8-11/h3*5-8,10,13,16H,9H2,1-4H3;5-8,10H,9H2,1-4H3/t10?,13-;10-,13+;10-,13-;/m100./s1. The summed E-state index contributed by atoms with van der Waals surface area (Å²) < 4.78 is 0. The van der Waals surface area contributed by atoms with Crippen molar-refractivity contribution in [3.8, 4) is 0 Å². The number of Topliss-reactive ketones (excluding diaryl/α,β-unsaturated/α-hetero) is 1. The van der Waals surface area contributed by atoms with Crippen molar-refractivity contribution in [2.45, 2.75) is 155 Å². The number of halogens is 4. The number of benzene rings is 4. The molecule has 0 radical (unpaired) electrons. The van der Waals surface area contributed by atoms with Gasteiger partial charge in [0.15, 0.2) is 5.78 Å². The van der Waals surface area contributed by atoms with Gasteiger partial charge in [0, 0.05) is 31.6 Å². The highest BCUT2D eigenvalue weighted by Gasteiger charge is 2.25. The van der Waals surface area contributed by atoms with Crippen LogP contribution < -0.4 is 0 Å². The van der Waals surface area contributed by atoms with E-state index in [0.717, 1.165) is 42.4 Å². The van der Waals surface area contributed by atoms with Crippen LogP contribution >= 0.6 is 46.4 Å². The number of rotatable bonds is 12. The molecule has 0 fully saturated rings. The second-order valence-corrected chi connectivity index (χ2v) is 24.5. The molecular weight excluding hydrogens is 878 g/mol. The Morgan fingerprint density at radius 2 is 0.672 bits per heavy atom. The van der Waals surface area contributed by atoms with E-state index >= 15 is 0 Å². The van der Waals surface area contributed by atoms with E-state index in [0.29, 0.717) is 25.7 Å². The van der Waals surface area contributed by atoms with Crippen LogP contribution in [0.5, 0.6) is 0 Å². The molecule has 0 aliphatic carbocycles. The molecule has 0 spiro atoms. The Bertz CT molecular complexity index is 1800. The summed E-state index contributed by atoms with van der Waals surface area (Å²) in [5, 5.41) is 33.3. The van der Waals surface area contributed by atoms with Crippen molar-refractivity contribution in [3.63, 3.8) is 0 Å². The molecule has 0 amide bonds. The van der Waals surface area contributed by atoms with Crippen LogP contribution in [0.4, 0.5) is 0 Å². The second kappa shape index (κ2) is 26.8. The Kier molecular flexibility index (Phi) is 25.0. The van der Waals surface area contributed by atoms with Crippen LogP contribution in [-0.4, -0.2) is 21.1 Å². The maximum Gasteiger partial charge on any atom is 0.165 e. The third-order valence-electron chi connectivity index (χ3n) is 10.5. The van der Waals surface area contributed by atoms with Crippen molar-refractivity contribution >= 4 is 52.2 Å². The van der Waals surface area contributed by atoms with Gasteiger partial charge in [-0.05, 0) is 130 Å². The highest BCUT2D eigenvalue weighted by molar-refractivity contribution is 6.31. The largest absolute Gasteiger partial charge is 0.388 e. The molecule has 4 aromatic carbocycles. The SMILES string of the molecule is CC(CC(C)(C)C)C(=O)c1cccc(Cl)c1.CC(CC(C)(C)C)[C@@H](O)c1cccc(Cl)c1.C[C@@H](CC(C)(C)C)[C@@H](O)c1cccc(Cl)c1.C[C@@H](CC(C)(C)C)[C@H](O)c1cccc(Cl)c1. The van der Waals surface area contributed by atoms with Gasteiger partial charge in [-0.25, -0.2) is 0 Å². The van der Waals surface area contributed by atoms with E-state index < -0.39 is 18.3 Å². The Morgan fingerprint density at radius 3 is 0.906 bits per heavy atom. The summed E-state index contributed by atoms with van der Waals surface area (Å²) in [7, 11) is 0. The zero-order chi connectivity index (χ0) is 49.4. The van der Waals surface area contributed by atoms with E-state index in [4.69, 9.17) is 46.4 Å². The first-order chi connectivity index (χ1) is 29.2. The van der Waals surface area contributed by atoms with Gasteiger partial charge in [0.1, 0.15) is 0 Å². The Morgan fingerprint density at radius 1 is 0.422 bits per heavy atom. The van der Waals surface area contributed by atoms with Crippen LogP contribution in [0.1, 0.15) is 182 Å². The summed E-state index contributed by atoms with van der Waals surface area (Å²) >= 11 is 23.6. The number of aliphatic hydroxyl groups excluding tert-OH is 3. The van der Waals surface area contributed by atoms with E-state index in [1.54, 1.807) is 12.1 Å². The Balaban J connectivity index is 0.000000427. The topological polar surface area (TPSA) is 77.8 Å². The van der Waals surface area contributed by atoms with E-state index in [1.165, 1.54) is 0 Å². The zero-order valence-electron chi connectivity index (χ0n) is 41.9. The summed E-state index contributed by atoms with van der Waals surface area (Å²) in [6, 6.07) is 29.6. The fourth-order valence-electron chi connectivity index (χ4n) is 8.23. The van der Waals surface area contributed by atoms with Gasteiger partial charge in [0.25, 0.3) is 0 Å². The fourth-order valence-corrected chi connectivity index (χ4v) is 9.01. The van der Waals surface area contributed by atoms with Gasteiger partial charge in [-0.1, -0.05) is 206 Å². The van der Waals surface area contributed by atoms with Gasteiger partial charge < -0.3 is 15.3 Å². The molecular formula is C56H82Cl4O4. The fraction of sp³-hybridized carbons (Fsp3) is 0.554.